The lowest BCUT2D eigenvalue weighted by atomic mass is 9.95. The van der Waals surface area contributed by atoms with E-state index in [1.54, 1.807) is 12.4 Å². The fraction of sp³-hybridized carbons (Fsp3) is 0.182. The van der Waals surface area contributed by atoms with E-state index in [2.05, 4.69) is 31.2 Å². The molecule has 0 saturated carbocycles. The van der Waals surface area contributed by atoms with Crippen LogP contribution in [0.2, 0.25) is 0 Å². The number of halogens is 1. The molecule has 0 atom stereocenters. The monoisotopic (exact) mass is 511 g/mol. The van der Waals surface area contributed by atoms with Gasteiger partial charge in [-0.15, -0.1) is 0 Å². The zero-order chi connectivity index (χ0) is 22.2. The molecule has 5 rings (SSSR count). The van der Waals surface area contributed by atoms with Gasteiger partial charge in [0.15, 0.2) is 5.13 Å². The summed E-state index contributed by atoms with van der Waals surface area (Å²) in [5.41, 5.74) is 6.17. The highest BCUT2D eigenvalue weighted by molar-refractivity contribution is 9.10. The van der Waals surface area contributed by atoms with Crippen molar-refractivity contribution in [2.45, 2.75) is 19.4 Å². The van der Waals surface area contributed by atoms with Gasteiger partial charge in [-0.3, -0.25) is 15.1 Å². The molecule has 10 heteroatoms. The van der Waals surface area contributed by atoms with Gasteiger partial charge < -0.3 is 10.2 Å². The topological polar surface area (TPSA) is 113 Å². The Hall–Kier alpha value is -2.92. The molecule has 0 unspecified atom stereocenters. The summed E-state index contributed by atoms with van der Waals surface area (Å²) in [5, 5.41) is 26.9. The van der Waals surface area contributed by atoms with Crippen molar-refractivity contribution in [3.05, 3.63) is 64.0 Å². The minimum absolute atomic E-state index is 0.101. The van der Waals surface area contributed by atoms with Gasteiger partial charge in [0.1, 0.15) is 6.61 Å². The van der Waals surface area contributed by atoms with Gasteiger partial charge in [-0.1, -0.05) is 23.5 Å². The molecule has 0 radical (unpaired) electrons. The van der Waals surface area contributed by atoms with Gasteiger partial charge >= 0.3 is 0 Å². The highest BCUT2D eigenvalue weighted by Crippen LogP contribution is 2.44. The molecule has 1 aliphatic rings. The van der Waals surface area contributed by atoms with Crippen molar-refractivity contribution in [3.8, 4) is 27.5 Å². The Bertz CT molecular complexity index is 1320. The predicted octanol–water partition coefficient (Wildman–Crippen LogP) is 3.34. The Morgan fingerprint density at radius 1 is 1.22 bits per heavy atom. The number of hydrogen-bond donors (Lipinski definition) is 3. The first kappa shape index (κ1) is 21.0. The van der Waals surface area contributed by atoms with Crippen LogP contribution in [-0.4, -0.2) is 42.5 Å². The van der Waals surface area contributed by atoms with Crippen molar-refractivity contribution in [1.29, 1.82) is 0 Å². The molecule has 162 valence electrons. The minimum Gasteiger partial charge on any atom is -0.392 e. The third-order valence-electron chi connectivity index (χ3n) is 5.29. The summed E-state index contributed by atoms with van der Waals surface area (Å²) in [7, 11) is 0. The maximum Gasteiger partial charge on any atom is 0.251 e. The number of aryl methyl sites for hydroxylation is 1. The van der Waals surface area contributed by atoms with E-state index < -0.39 is 12.5 Å². The number of hydrogen-bond acceptors (Lipinski definition) is 7. The van der Waals surface area contributed by atoms with Gasteiger partial charge in [0, 0.05) is 28.0 Å². The van der Waals surface area contributed by atoms with Crippen molar-refractivity contribution < 1.29 is 15.0 Å². The summed E-state index contributed by atoms with van der Waals surface area (Å²) in [6.07, 6.45) is 4.97. The molecule has 4 aromatic rings. The van der Waals surface area contributed by atoms with Crippen LogP contribution in [0, 0.1) is 0 Å². The number of aliphatic hydroxyl groups excluding tert-OH is 2. The number of fused-ring (bicyclic) bond motifs is 3. The maximum absolute atomic E-state index is 11.7. The van der Waals surface area contributed by atoms with E-state index in [4.69, 9.17) is 10.2 Å². The molecule has 0 bridgehead atoms. The number of carbonyl (C=O) groups is 1. The van der Waals surface area contributed by atoms with Gasteiger partial charge in [0.25, 0.3) is 5.91 Å². The van der Waals surface area contributed by atoms with Crippen molar-refractivity contribution in [2.24, 2.45) is 0 Å². The Morgan fingerprint density at radius 2 is 2.09 bits per heavy atom. The number of nitrogens with one attached hydrogen (secondary N) is 1. The third-order valence-corrected chi connectivity index (χ3v) is 7.22. The standard InChI is InChI=1S/C22H18BrN5O3S/c23-18-13(10-29)3-1-5-16(18)28-20-14(19(27-28)12-4-2-8-24-9-12)6-7-15-21(20)32-22(25-15)26-17(31)11-30/h1-5,8-9,29-30H,6-7,10-11H2,(H,25,26,31). The van der Waals surface area contributed by atoms with Gasteiger partial charge in [0.2, 0.25) is 0 Å². The first-order chi connectivity index (χ1) is 15.6. The van der Waals surface area contributed by atoms with Crippen molar-refractivity contribution in [3.63, 3.8) is 0 Å². The van der Waals surface area contributed by atoms with Gasteiger partial charge in [-0.05, 0) is 52.5 Å². The second-order valence-electron chi connectivity index (χ2n) is 7.24. The molecule has 3 aromatic heterocycles. The molecule has 8 nitrogen and oxygen atoms in total. The molecule has 1 amide bonds. The molecule has 0 saturated heterocycles. The summed E-state index contributed by atoms with van der Waals surface area (Å²) in [5.74, 6) is -0.501. The third kappa shape index (κ3) is 3.55. The molecule has 0 spiro atoms. The Kier molecular flexibility index (Phi) is 5.60. The average molecular weight is 512 g/mol. The Labute approximate surface area is 195 Å². The normalized spacial score (nSPS) is 12.3. The first-order valence-electron chi connectivity index (χ1n) is 9.92. The second-order valence-corrected chi connectivity index (χ2v) is 9.03. The van der Waals surface area contributed by atoms with Crippen molar-refractivity contribution in [2.75, 3.05) is 11.9 Å². The summed E-state index contributed by atoms with van der Waals surface area (Å²) in [6, 6.07) is 9.53. The first-order valence-corrected chi connectivity index (χ1v) is 11.5. The second kappa shape index (κ2) is 8.55. The van der Waals surface area contributed by atoms with Crippen LogP contribution in [0.4, 0.5) is 5.13 Å². The Morgan fingerprint density at radius 3 is 2.84 bits per heavy atom. The maximum atomic E-state index is 11.7. The van der Waals surface area contributed by atoms with Crippen LogP contribution >= 0.6 is 27.3 Å². The number of aromatic nitrogens is 4. The molecule has 1 aliphatic carbocycles. The number of benzene rings is 1. The smallest absolute Gasteiger partial charge is 0.251 e. The van der Waals surface area contributed by atoms with Crippen molar-refractivity contribution in [1.82, 2.24) is 19.7 Å². The molecule has 3 N–H and O–H groups in total. The van der Waals surface area contributed by atoms with Crippen LogP contribution in [0.1, 0.15) is 16.8 Å². The number of aliphatic hydroxyl groups is 2. The van der Waals surface area contributed by atoms with Gasteiger partial charge in [-0.2, -0.15) is 5.10 Å². The van der Waals surface area contributed by atoms with Crippen LogP contribution < -0.4 is 5.32 Å². The van der Waals surface area contributed by atoms with Gasteiger partial charge in [0.05, 0.1) is 34.3 Å². The highest BCUT2D eigenvalue weighted by Gasteiger charge is 2.30. The van der Waals surface area contributed by atoms with E-state index in [-0.39, 0.29) is 6.61 Å². The highest BCUT2D eigenvalue weighted by atomic mass is 79.9. The zero-order valence-corrected chi connectivity index (χ0v) is 19.2. The summed E-state index contributed by atoms with van der Waals surface area (Å²) >= 11 is 4.99. The number of carbonyl (C=O) groups excluding carboxylic acids is 1. The number of anilines is 1. The van der Waals surface area contributed by atoms with E-state index in [9.17, 15) is 9.90 Å². The lowest BCUT2D eigenvalue weighted by molar-refractivity contribution is -0.118. The molecule has 32 heavy (non-hydrogen) atoms. The molecular formula is C22H18BrN5O3S. The van der Waals surface area contributed by atoms with Crippen LogP contribution in [0.15, 0.2) is 47.2 Å². The number of amides is 1. The summed E-state index contributed by atoms with van der Waals surface area (Å²) < 4.78 is 2.63. The van der Waals surface area contributed by atoms with E-state index in [1.807, 2.05) is 35.0 Å². The molecule has 1 aromatic carbocycles. The minimum atomic E-state index is -0.598. The fourth-order valence-electron chi connectivity index (χ4n) is 3.84. The molecule has 0 fully saturated rings. The van der Waals surface area contributed by atoms with Crippen LogP contribution in [0.3, 0.4) is 0 Å². The predicted molar refractivity (Wildman–Crippen MR) is 125 cm³/mol. The number of nitrogens with zero attached hydrogens (tertiary/aromatic N) is 4. The van der Waals surface area contributed by atoms with Crippen molar-refractivity contribution >= 4 is 38.3 Å². The average Bonchev–Trinajstić information content (AvgIpc) is 3.40. The SMILES string of the molecule is O=C(CO)Nc1nc2c(s1)-c1c(c(-c3cccnc3)nn1-c1cccc(CO)c1Br)CC2. The quantitative estimate of drug-likeness (QED) is 0.378. The van der Waals surface area contributed by atoms with E-state index >= 15 is 0 Å². The fourth-order valence-corrected chi connectivity index (χ4v) is 5.49. The molecular weight excluding hydrogens is 494 g/mol. The lowest BCUT2D eigenvalue weighted by Crippen LogP contribution is -2.15. The molecule has 3 heterocycles. The van der Waals surface area contributed by atoms with Gasteiger partial charge in [-0.25, -0.2) is 9.67 Å². The van der Waals surface area contributed by atoms with Crippen LogP contribution in [0.5, 0.6) is 0 Å². The zero-order valence-electron chi connectivity index (χ0n) is 16.7. The lowest BCUT2D eigenvalue weighted by Gasteiger charge is -2.15. The number of rotatable bonds is 5. The number of thiazole rings is 1. The summed E-state index contributed by atoms with van der Waals surface area (Å²) in [6.45, 7) is -0.698. The van der Waals surface area contributed by atoms with Crippen LogP contribution in [0.25, 0.3) is 27.5 Å². The summed E-state index contributed by atoms with van der Waals surface area (Å²) in [4.78, 5) is 21.4. The van der Waals surface area contributed by atoms with E-state index in [1.165, 1.54) is 11.3 Å². The van der Waals surface area contributed by atoms with E-state index in [0.29, 0.717) is 11.6 Å². The van der Waals surface area contributed by atoms with Crippen LogP contribution in [-0.2, 0) is 24.2 Å². The molecule has 0 aliphatic heterocycles. The largest absolute Gasteiger partial charge is 0.392 e. The number of pyridine rings is 1. The van der Waals surface area contributed by atoms with E-state index in [0.717, 1.165) is 55.2 Å². The Balaban J connectivity index is 1.74.